The van der Waals surface area contributed by atoms with E-state index >= 15 is 0 Å². The molecule has 1 aliphatic rings. The topological polar surface area (TPSA) is 103 Å². The minimum Gasteiger partial charge on any atom is -0.289 e. The molecule has 0 spiro atoms. The Morgan fingerprint density at radius 2 is 1.38 bits per heavy atom. The summed E-state index contributed by atoms with van der Waals surface area (Å²) in [6.07, 6.45) is 4.60. The molecule has 0 bridgehead atoms. The van der Waals surface area contributed by atoms with E-state index in [9.17, 15) is 25.0 Å². The molecule has 0 aliphatic heterocycles. The molecule has 0 saturated heterocycles. The predicted octanol–water partition coefficient (Wildman–Crippen LogP) is 5.09. The smallest absolute Gasteiger partial charge is 0.289 e. The Bertz CT molecular complexity index is 880. The number of Topliss-reactive ketones (excluding diaryl/α,β-unsaturated/α-hetero) is 1. The van der Waals surface area contributed by atoms with Gasteiger partial charge < -0.3 is 0 Å². The molecule has 1 atom stereocenters. The standard InChI is InChI=1S/C17H14N2O5S2/c1-10-2-13(4-11-6-15(18(21)22)25-8-11)17(20)14(3-10)5-12-7-16(19(23)24)26-9-12/h4-10H,2-3H2,1H3/b13-4-,14-5+. The summed E-state index contributed by atoms with van der Waals surface area (Å²) in [5.41, 5.74) is 2.49. The molecule has 3 rings (SSSR count). The average Bonchev–Trinajstić information content (AvgIpc) is 3.21. The van der Waals surface area contributed by atoms with Gasteiger partial charge in [0.15, 0.2) is 5.78 Å². The van der Waals surface area contributed by atoms with E-state index in [1.807, 2.05) is 6.92 Å². The maximum absolute atomic E-state index is 12.8. The molecule has 134 valence electrons. The van der Waals surface area contributed by atoms with Gasteiger partial charge in [0.1, 0.15) is 0 Å². The molecule has 9 heteroatoms. The molecule has 2 aromatic rings. The van der Waals surface area contributed by atoms with Crippen molar-refractivity contribution in [2.75, 3.05) is 0 Å². The third-order valence-electron chi connectivity index (χ3n) is 3.97. The van der Waals surface area contributed by atoms with Gasteiger partial charge in [-0.1, -0.05) is 29.6 Å². The summed E-state index contributed by atoms with van der Waals surface area (Å²) in [6.45, 7) is 2.03. The summed E-state index contributed by atoms with van der Waals surface area (Å²) in [5.74, 6) is 0.137. The first-order valence-electron chi connectivity index (χ1n) is 7.75. The van der Waals surface area contributed by atoms with Crippen LogP contribution in [0.25, 0.3) is 12.2 Å². The Morgan fingerprint density at radius 3 is 1.73 bits per heavy atom. The molecule has 0 aromatic carbocycles. The zero-order valence-corrected chi connectivity index (χ0v) is 15.3. The predicted molar refractivity (Wildman–Crippen MR) is 101 cm³/mol. The van der Waals surface area contributed by atoms with Crippen molar-refractivity contribution in [3.63, 3.8) is 0 Å². The molecule has 0 radical (unpaired) electrons. The van der Waals surface area contributed by atoms with Crippen LogP contribution in [0.1, 0.15) is 30.9 Å². The number of hydrogen-bond acceptors (Lipinski definition) is 7. The third-order valence-corrected chi connectivity index (χ3v) is 5.77. The lowest BCUT2D eigenvalue weighted by Gasteiger charge is -2.22. The number of carbonyl (C=O) groups is 1. The van der Waals surface area contributed by atoms with E-state index < -0.39 is 9.85 Å². The maximum Gasteiger partial charge on any atom is 0.324 e. The van der Waals surface area contributed by atoms with Crippen LogP contribution in [0, 0.1) is 26.1 Å². The molecule has 0 N–H and O–H groups in total. The first-order chi connectivity index (χ1) is 12.3. The first-order valence-corrected chi connectivity index (χ1v) is 9.51. The lowest BCUT2D eigenvalue weighted by Crippen LogP contribution is -2.18. The minimum absolute atomic E-state index is 0.0366. The molecule has 26 heavy (non-hydrogen) atoms. The van der Waals surface area contributed by atoms with Gasteiger partial charge in [0.25, 0.3) is 0 Å². The van der Waals surface area contributed by atoms with E-state index in [-0.39, 0.29) is 21.7 Å². The Labute approximate surface area is 156 Å². The number of hydrogen-bond donors (Lipinski definition) is 0. The van der Waals surface area contributed by atoms with Crippen molar-refractivity contribution in [2.24, 2.45) is 5.92 Å². The molecule has 1 aliphatic carbocycles. The SMILES string of the molecule is CC1C/C(=C/c2csc([N+](=O)[O-])c2)C(=O)/C(=C/c2csc([N+](=O)[O-])c2)C1. The summed E-state index contributed by atoms with van der Waals surface area (Å²) >= 11 is 2.05. The molecule has 0 amide bonds. The highest BCUT2D eigenvalue weighted by atomic mass is 32.1. The van der Waals surface area contributed by atoms with Gasteiger partial charge in [-0.25, -0.2) is 0 Å². The van der Waals surface area contributed by atoms with Crippen LogP contribution in [-0.4, -0.2) is 15.6 Å². The Morgan fingerprint density at radius 1 is 0.962 bits per heavy atom. The average molecular weight is 390 g/mol. The van der Waals surface area contributed by atoms with Crippen molar-refractivity contribution in [3.05, 3.63) is 65.4 Å². The molecular weight excluding hydrogens is 376 g/mol. The van der Waals surface area contributed by atoms with E-state index in [0.717, 1.165) is 22.7 Å². The summed E-state index contributed by atoms with van der Waals surface area (Å²) in [5, 5.41) is 25.0. The van der Waals surface area contributed by atoms with Crippen molar-refractivity contribution >= 4 is 50.6 Å². The minimum atomic E-state index is -0.452. The summed E-state index contributed by atoms with van der Waals surface area (Å²) in [7, 11) is 0. The van der Waals surface area contributed by atoms with Crippen LogP contribution >= 0.6 is 22.7 Å². The second-order valence-corrected chi connectivity index (χ2v) is 7.91. The Balaban J connectivity index is 1.89. The van der Waals surface area contributed by atoms with Crippen LogP contribution in [0.5, 0.6) is 0 Å². The van der Waals surface area contributed by atoms with E-state index in [4.69, 9.17) is 0 Å². The first kappa shape index (κ1) is 18.2. The van der Waals surface area contributed by atoms with E-state index in [2.05, 4.69) is 0 Å². The van der Waals surface area contributed by atoms with Crippen molar-refractivity contribution in [3.8, 4) is 0 Å². The van der Waals surface area contributed by atoms with Crippen LogP contribution in [0.15, 0.2) is 34.0 Å². The summed E-state index contributed by atoms with van der Waals surface area (Å²) in [4.78, 5) is 33.5. The van der Waals surface area contributed by atoms with Gasteiger partial charge in [-0.2, -0.15) is 0 Å². The van der Waals surface area contributed by atoms with Crippen LogP contribution < -0.4 is 0 Å². The van der Waals surface area contributed by atoms with Gasteiger partial charge in [-0.05, 0) is 42.0 Å². The number of carbonyl (C=O) groups excluding carboxylic acids is 1. The molecule has 7 nitrogen and oxygen atoms in total. The van der Waals surface area contributed by atoms with Gasteiger partial charge in [-0.15, -0.1) is 0 Å². The molecule has 2 heterocycles. The molecule has 1 saturated carbocycles. The van der Waals surface area contributed by atoms with Gasteiger partial charge in [0.2, 0.25) is 0 Å². The monoisotopic (exact) mass is 390 g/mol. The van der Waals surface area contributed by atoms with Crippen LogP contribution in [0.3, 0.4) is 0 Å². The fraction of sp³-hybridized carbons (Fsp3) is 0.235. The lowest BCUT2D eigenvalue weighted by molar-refractivity contribution is -0.380. The van der Waals surface area contributed by atoms with E-state index in [1.165, 1.54) is 12.1 Å². The van der Waals surface area contributed by atoms with Gasteiger partial charge >= 0.3 is 10.0 Å². The Kier molecular flexibility index (Phi) is 5.10. The second-order valence-electron chi connectivity index (χ2n) is 6.13. The van der Waals surface area contributed by atoms with E-state index in [0.29, 0.717) is 35.1 Å². The largest absolute Gasteiger partial charge is 0.324 e. The zero-order chi connectivity index (χ0) is 18.8. The highest BCUT2D eigenvalue weighted by molar-refractivity contribution is 7.13. The molecular formula is C17H14N2O5S2. The van der Waals surface area contributed by atoms with Crippen molar-refractivity contribution < 1.29 is 14.6 Å². The number of nitrogens with zero attached hydrogens (tertiary/aromatic N) is 2. The van der Waals surface area contributed by atoms with Crippen molar-refractivity contribution in [2.45, 2.75) is 19.8 Å². The molecule has 1 fully saturated rings. The van der Waals surface area contributed by atoms with Crippen molar-refractivity contribution in [1.82, 2.24) is 0 Å². The normalized spacial score (nSPS) is 20.7. The fourth-order valence-corrected chi connectivity index (χ4v) is 4.25. The highest BCUT2D eigenvalue weighted by Crippen LogP contribution is 2.34. The summed E-state index contributed by atoms with van der Waals surface area (Å²) < 4.78 is 0. The van der Waals surface area contributed by atoms with Gasteiger partial charge in [0, 0.05) is 34.0 Å². The molecule has 1 unspecified atom stereocenters. The quantitative estimate of drug-likeness (QED) is 0.411. The fourth-order valence-electron chi connectivity index (χ4n) is 2.89. The van der Waals surface area contributed by atoms with Crippen molar-refractivity contribution in [1.29, 1.82) is 0 Å². The van der Waals surface area contributed by atoms with Crippen LogP contribution in [0.4, 0.5) is 10.0 Å². The maximum atomic E-state index is 12.8. The number of thiophene rings is 2. The summed E-state index contributed by atoms with van der Waals surface area (Å²) in [6, 6.07) is 2.91. The number of allylic oxidation sites excluding steroid dienone is 2. The number of ketones is 1. The van der Waals surface area contributed by atoms with Crippen LogP contribution in [-0.2, 0) is 4.79 Å². The van der Waals surface area contributed by atoms with Gasteiger partial charge in [-0.3, -0.25) is 25.0 Å². The third kappa shape index (κ3) is 3.94. The number of rotatable bonds is 4. The van der Waals surface area contributed by atoms with Crippen LogP contribution in [0.2, 0.25) is 0 Å². The second kappa shape index (κ2) is 7.30. The Hall–Kier alpha value is -2.65. The van der Waals surface area contributed by atoms with Gasteiger partial charge in [0.05, 0.1) is 9.85 Å². The lowest BCUT2D eigenvalue weighted by atomic mass is 9.81. The molecule has 2 aromatic heterocycles. The number of nitro groups is 2. The van der Waals surface area contributed by atoms with E-state index in [1.54, 1.807) is 22.9 Å². The highest BCUT2D eigenvalue weighted by Gasteiger charge is 2.26. The zero-order valence-electron chi connectivity index (χ0n) is 13.7.